The Morgan fingerprint density at radius 3 is 1.71 bits per heavy atom. The Morgan fingerprint density at radius 2 is 1.29 bits per heavy atom. The minimum Gasteiger partial charge on any atom is -0.421 e. The van der Waals surface area contributed by atoms with E-state index in [-0.39, 0.29) is 17.4 Å². The zero-order valence-corrected chi connectivity index (χ0v) is 19.5. The van der Waals surface area contributed by atoms with Crippen LogP contribution in [-0.4, -0.2) is 50.7 Å². The number of carbonyl (C=O) groups excluding carboxylic acids is 3. The molecule has 1 aromatic rings. The summed E-state index contributed by atoms with van der Waals surface area (Å²) in [5, 5.41) is 8.42. The third-order valence-corrected chi connectivity index (χ3v) is 6.09. The summed E-state index contributed by atoms with van der Waals surface area (Å²) in [6.45, 7) is 16.2. The zero-order chi connectivity index (χ0) is 23.1. The van der Waals surface area contributed by atoms with Crippen LogP contribution in [0, 0.1) is 10.8 Å². The van der Waals surface area contributed by atoms with Crippen molar-refractivity contribution in [3.63, 3.8) is 0 Å². The normalized spacial score (nSPS) is 22.1. The smallest absolute Gasteiger partial charge is 0.291 e. The molecule has 0 bridgehead atoms. The predicted octanol–water partition coefficient (Wildman–Crippen LogP) is 3.61. The Morgan fingerprint density at radius 1 is 0.839 bits per heavy atom. The van der Waals surface area contributed by atoms with E-state index in [0.717, 1.165) is 19.3 Å². The molecule has 2 unspecified atom stereocenters. The molecule has 2 aliphatic rings. The van der Waals surface area contributed by atoms with Gasteiger partial charge < -0.3 is 14.2 Å². The molecule has 8 heteroatoms. The van der Waals surface area contributed by atoms with Gasteiger partial charge in [-0.3, -0.25) is 14.4 Å². The highest BCUT2D eigenvalue weighted by atomic mass is 16.4. The Kier molecular flexibility index (Phi) is 6.13. The minimum absolute atomic E-state index is 0.0943. The maximum absolute atomic E-state index is 13.0. The maximum Gasteiger partial charge on any atom is 0.291 e. The van der Waals surface area contributed by atoms with Crippen LogP contribution in [-0.2, 0) is 14.4 Å². The summed E-state index contributed by atoms with van der Waals surface area (Å²) in [5.41, 5.74) is -0.522. The fraction of sp³-hybridized carbons (Fsp3) is 0.696. The Hall–Kier alpha value is -2.51. The van der Waals surface area contributed by atoms with Crippen LogP contribution in [0.25, 0.3) is 0 Å². The van der Waals surface area contributed by atoms with E-state index >= 15 is 0 Å². The average molecular weight is 431 g/mol. The van der Waals surface area contributed by atoms with Crippen molar-refractivity contribution in [3.8, 4) is 0 Å². The molecule has 31 heavy (non-hydrogen) atoms. The van der Waals surface area contributed by atoms with E-state index in [0.29, 0.717) is 36.9 Å². The monoisotopic (exact) mass is 430 g/mol. The summed E-state index contributed by atoms with van der Waals surface area (Å²) in [6, 6.07) is -0.704. The van der Waals surface area contributed by atoms with Gasteiger partial charge in [0.15, 0.2) is 0 Å². The molecule has 2 saturated heterocycles. The molecule has 3 rings (SSSR count). The lowest BCUT2D eigenvalue weighted by Gasteiger charge is -2.28. The molecule has 8 nitrogen and oxygen atoms in total. The van der Waals surface area contributed by atoms with E-state index in [2.05, 4.69) is 16.8 Å². The first-order chi connectivity index (χ1) is 14.3. The largest absolute Gasteiger partial charge is 0.421 e. The first-order valence-corrected chi connectivity index (χ1v) is 11.0. The summed E-state index contributed by atoms with van der Waals surface area (Å²) in [5.74, 6) is -0.315. The number of hydrogen-bond donors (Lipinski definition) is 0. The molecule has 0 aliphatic carbocycles. The maximum atomic E-state index is 13.0. The number of ketones is 1. The van der Waals surface area contributed by atoms with E-state index in [1.807, 2.05) is 20.8 Å². The lowest BCUT2D eigenvalue weighted by atomic mass is 9.86. The molecular formula is C23H34N4O4. The van der Waals surface area contributed by atoms with Gasteiger partial charge in [-0.25, -0.2) is 0 Å². The van der Waals surface area contributed by atoms with E-state index in [9.17, 15) is 14.4 Å². The molecule has 2 atom stereocenters. The second-order valence-electron chi connectivity index (χ2n) is 10.6. The lowest BCUT2D eigenvalue weighted by Crippen LogP contribution is -2.41. The van der Waals surface area contributed by atoms with Gasteiger partial charge >= 0.3 is 0 Å². The summed E-state index contributed by atoms with van der Waals surface area (Å²) < 4.78 is 5.99. The third kappa shape index (κ3) is 4.57. The number of carbonyl (C=O) groups is 3. The van der Waals surface area contributed by atoms with Gasteiger partial charge in [-0.2, -0.15) is 0 Å². The standard InChI is InChI=1S/C23H34N4O4/c1-14(22(2,3)4)20(29)26-12-8-10-15(26)18-24-25-19(31-18)16-11-9-13-27(16)21(30)17(28)23(5,6)7/h15-16H,1,8-13H2,2-7H3. The van der Waals surface area contributed by atoms with Crippen molar-refractivity contribution in [1.29, 1.82) is 0 Å². The highest BCUT2D eigenvalue weighted by Gasteiger charge is 2.41. The van der Waals surface area contributed by atoms with Gasteiger partial charge in [-0.1, -0.05) is 48.1 Å². The third-order valence-electron chi connectivity index (χ3n) is 6.09. The molecule has 0 N–H and O–H groups in total. The first-order valence-electron chi connectivity index (χ1n) is 11.0. The van der Waals surface area contributed by atoms with Gasteiger partial charge in [-0.15, -0.1) is 10.2 Å². The molecule has 0 saturated carbocycles. The van der Waals surface area contributed by atoms with Crippen molar-refractivity contribution in [2.75, 3.05) is 13.1 Å². The lowest BCUT2D eigenvalue weighted by molar-refractivity contribution is -0.149. The van der Waals surface area contributed by atoms with Gasteiger partial charge in [-0.05, 0) is 31.1 Å². The van der Waals surface area contributed by atoms with E-state index in [1.165, 1.54) is 0 Å². The van der Waals surface area contributed by atoms with E-state index in [1.54, 1.807) is 30.6 Å². The second kappa shape index (κ2) is 8.20. The van der Waals surface area contributed by atoms with E-state index < -0.39 is 23.1 Å². The number of rotatable bonds is 4. The molecular weight excluding hydrogens is 396 g/mol. The van der Waals surface area contributed by atoms with Gasteiger partial charge in [0.05, 0.1) is 0 Å². The fourth-order valence-corrected chi connectivity index (χ4v) is 3.99. The highest BCUT2D eigenvalue weighted by Crippen LogP contribution is 2.38. The number of Topliss-reactive ketones (excluding diaryl/α,β-unsaturated/α-hetero) is 1. The molecule has 2 fully saturated rings. The van der Waals surface area contributed by atoms with Crippen LogP contribution in [0.15, 0.2) is 16.6 Å². The molecule has 2 aliphatic heterocycles. The van der Waals surface area contributed by atoms with Crippen LogP contribution in [0.5, 0.6) is 0 Å². The number of nitrogens with zero attached hydrogens (tertiary/aromatic N) is 4. The van der Waals surface area contributed by atoms with Gasteiger partial charge in [0.2, 0.25) is 23.5 Å². The summed E-state index contributed by atoms with van der Waals surface area (Å²) >= 11 is 0. The van der Waals surface area contributed by atoms with Crippen molar-refractivity contribution < 1.29 is 18.8 Å². The van der Waals surface area contributed by atoms with E-state index in [4.69, 9.17) is 4.42 Å². The van der Waals surface area contributed by atoms with Crippen LogP contribution in [0.4, 0.5) is 0 Å². The van der Waals surface area contributed by atoms with Crippen LogP contribution < -0.4 is 0 Å². The average Bonchev–Trinajstić information content (AvgIpc) is 3.42. The fourth-order valence-electron chi connectivity index (χ4n) is 3.99. The summed E-state index contributed by atoms with van der Waals surface area (Å²) in [6.07, 6.45) is 3.02. The van der Waals surface area contributed by atoms with Gasteiger partial charge in [0.25, 0.3) is 5.91 Å². The molecule has 1 aromatic heterocycles. The van der Waals surface area contributed by atoms with Crippen LogP contribution in [0.2, 0.25) is 0 Å². The number of hydrogen-bond acceptors (Lipinski definition) is 6. The van der Waals surface area contributed by atoms with Crippen LogP contribution in [0.1, 0.15) is 91.1 Å². The van der Waals surface area contributed by atoms with Crippen molar-refractivity contribution in [2.45, 2.75) is 79.3 Å². The van der Waals surface area contributed by atoms with Gasteiger partial charge in [0, 0.05) is 24.1 Å². The molecule has 0 aromatic carbocycles. The minimum atomic E-state index is -0.746. The molecule has 2 amide bonds. The van der Waals surface area contributed by atoms with Gasteiger partial charge in [0.1, 0.15) is 12.1 Å². The van der Waals surface area contributed by atoms with Crippen LogP contribution >= 0.6 is 0 Å². The Labute approximate surface area is 184 Å². The van der Waals surface area contributed by atoms with Crippen molar-refractivity contribution in [2.24, 2.45) is 10.8 Å². The summed E-state index contributed by atoms with van der Waals surface area (Å²) in [4.78, 5) is 41.6. The number of aromatic nitrogens is 2. The predicted molar refractivity (Wildman–Crippen MR) is 115 cm³/mol. The molecule has 170 valence electrons. The molecule has 0 radical (unpaired) electrons. The second-order valence-corrected chi connectivity index (χ2v) is 10.6. The Bertz CT molecular complexity index is 820. The summed E-state index contributed by atoms with van der Waals surface area (Å²) in [7, 11) is 0. The van der Waals surface area contributed by atoms with Crippen molar-refractivity contribution in [3.05, 3.63) is 23.9 Å². The quantitative estimate of drug-likeness (QED) is 0.535. The SMILES string of the molecule is C=C(C(=O)N1CCCC1c1nnc(C2CCCN2C(=O)C(=O)C(C)(C)C)o1)C(C)(C)C. The Balaban J connectivity index is 1.79. The van der Waals surface area contributed by atoms with Crippen molar-refractivity contribution >= 4 is 17.6 Å². The first kappa shape index (κ1) is 23.2. The molecule has 3 heterocycles. The highest BCUT2D eigenvalue weighted by molar-refractivity contribution is 6.37. The van der Waals surface area contributed by atoms with Crippen LogP contribution in [0.3, 0.4) is 0 Å². The topological polar surface area (TPSA) is 96.6 Å². The number of amides is 2. The zero-order valence-electron chi connectivity index (χ0n) is 19.5. The van der Waals surface area contributed by atoms with Crippen molar-refractivity contribution in [1.82, 2.24) is 20.0 Å². The molecule has 0 spiro atoms. The number of likely N-dealkylation sites (tertiary alicyclic amines) is 2.